The highest BCUT2D eigenvalue weighted by Crippen LogP contribution is 2.25. The zero-order valence-electron chi connectivity index (χ0n) is 15.8. The van der Waals surface area contributed by atoms with Crippen LogP contribution < -0.4 is 0 Å². The van der Waals surface area contributed by atoms with Crippen molar-refractivity contribution in [3.63, 3.8) is 0 Å². The lowest BCUT2D eigenvalue weighted by Gasteiger charge is -2.00. The van der Waals surface area contributed by atoms with E-state index in [1.165, 1.54) is 0 Å². The van der Waals surface area contributed by atoms with Gasteiger partial charge in [-0.25, -0.2) is 14.5 Å². The maximum absolute atomic E-state index is 11.2. The third-order valence-electron chi connectivity index (χ3n) is 4.78. The van der Waals surface area contributed by atoms with Crippen LogP contribution >= 0.6 is 0 Å². The lowest BCUT2D eigenvalue weighted by atomic mass is 10.3. The summed E-state index contributed by atoms with van der Waals surface area (Å²) in [5.74, 6) is 1.48. The highest BCUT2D eigenvalue weighted by atomic mass is 16.6. The van der Waals surface area contributed by atoms with Crippen LogP contribution in [0.2, 0.25) is 0 Å². The number of fused-ring (bicyclic) bond motifs is 3. The Balaban J connectivity index is 1.50. The van der Waals surface area contributed by atoms with Crippen molar-refractivity contribution in [2.45, 2.75) is 20.4 Å². The lowest BCUT2D eigenvalue weighted by Crippen LogP contribution is -2.03. The van der Waals surface area contributed by atoms with Gasteiger partial charge in [0.05, 0.1) is 23.1 Å². The second kappa shape index (κ2) is 5.95. The number of aryl methyl sites for hydroxylation is 2. The number of hydrogen-bond acceptors (Lipinski definition) is 8. The minimum atomic E-state index is -0.421. The number of nitro groups is 1. The smallest absolute Gasteiger partial charge is 0.312 e. The number of furan rings is 1. The van der Waals surface area contributed by atoms with Crippen LogP contribution in [-0.4, -0.2) is 44.1 Å². The molecule has 0 saturated heterocycles. The highest BCUT2D eigenvalue weighted by Gasteiger charge is 2.22. The third kappa shape index (κ3) is 2.56. The summed E-state index contributed by atoms with van der Waals surface area (Å²) in [6, 6.07) is 3.54. The van der Waals surface area contributed by atoms with E-state index in [1.807, 2.05) is 7.05 Å². The van der Waals surface area contributed by atoms with Crippen molar-refractivity contribution in [3.8, 4) is 11.6 Å². The van der Waals surface area contributed by atoms with Crippen LogP contribution in [0.4, 0.5) is 5.69 Å². The molecule has 0 bridgehead atoms. The maximum atomic E-state index is 11.2. The Hall–Kier alpha value is -4.09. The summed E-state index contributed by atoms with van der Waals surface area (Å²) >= 11 is 0. The van der Waals surface area contributed by atoms with Crippen molar-refractivity contribution in [1.29, 1.82) is 0 Å². The zero-order valence-corrected chi connectivity index (χ0v) is 15.8. The molecule has 0 aliphatic heterocycles. The van der Waals surface area contributed by atoms with Crippen LogP contribution in [0.15, 0.2) is 29.1 Å². The fourth-order valence-electron chi connectivity index (χ4n) is 3.38. The normalized spacial score (nSPS) is 11.7. The van der Waals surface area contributed by atoms with Crippen molar-refractivity contribution in [2.24, 2.45) is 7.05 Å². The number of nitrogens with zero attached hydrogens (tertiary/aromatic N) is 9. The average Bonchev–Trinajstić information content (AvgIpc) is 3.42. The maximum Gasteiger partial charge on any atom is 0.312 e. The first kappa shape index (κ1) is 17.0. The molecule has 0 aliphatic rings. The van der Waals surface area contributed by atoms with Gasteiger partial charge in [0.2, 0.25) is 5.82 Å². The third-order valence-corrected chi connectivity index (χ3v) is 4.78. The first-order valence-corrected chi connectivity index (χ1v) is 8.73. The van der Waals surface area contributed by atoms with E-state index in [2.05, 4.69) is 25.3 Å². The minimum absolute atomic E-state index is 0.0202. The van der Waals surface area contributed by atoms with E-state index in [0.29, 0.717) is 40.0 Å². The lowest BCUT2D eigenvalue weighted by molar-refractivity contribution is -0.386. The van der Waals surface area contributed by atoms with Gasteiger partial charge in [0.15, 0.2) is 17.1 Å². The van der Waals surface area contributed by atoms with Gasteiger partial charge in [0.25, 0.3) is 0 Å². The Morgan fingerprint density at radius 2 is 2.03 bits per heavy atom. The molecule has 0 spiro atoms. The summed E-state index contributed by atoms with van der Waals surface area (Å²) < 4.78 is 10.7. The van der Waals surface area contributed by atoms with Gasteiger partial charge in [-0.1, -0.05) is 0 Å². The second-order valence-electron chi connectivity index (χ2n) is 6.65. The predicted molar refractivity (Wildman–Crippen MR) is 100 cm³/mol. The summed E-state index contributed by atoms with van der Waals surface area (Å²) in [5.41, 5.74) is 2.20. The number of aromatic nitrogens is 8. The van der Waals surface area contributed by atoms with Gasteiger partial charge in [-0.3, -0.25) is 19.5 Å². The van der Waals surface area contributed by atoms with Crippen molar-refractivity contribution >= 4 is 22.4 Å². The largest absolute Gasteiger partial charge is 0.456 e. The average molecular weight is 393 g/mol. The van der Waals surface area contributed by atoms with Crippen LogP contribution in [0.25, 0.3) is 28.3 Å². The van der Waals surface area contributed by atoms with E-state index in [-0.39, 0.29) is 12.2 Å². The van der Waals surface area contributed by atoms with Crippen molar-refractivity contribution in [1.82, 2.24) is 39.1 Å². The van der Waals surface area contributed by atoms with Crippen LogP contribution in [0, 0.1) is 24.0 Å². The first-order valence-electron chi connectivity index (χ1n) is 8.73. The zero-order chi connectivity index (χ0) is 20.3. The molecule has 0 aromatic carbocycles. The van der Waals surface area contributed by atoms with Gasteiger partial charge in [-0.2, -0.15) is 10.2 Å². The Labute approximate surface area is 162 Å². The molecule has 0 aliphatic carbocycles. The number of hydrogen-bond donors (Lipinski definition) is 0. The summed E-state index contributed by atoms with van der Waals surface area (Å²) in [6.07, 6.45) is 3.27. The minimum Gasteiger partial charge on any atom is -0.456 e. The Bertz CT molecular complexity index is 1400. The molecule has 0 saturated carbocycles. The first-order chi connectivity index (χ1) is 13.9. The highest BCUT2D eigenvalue weighted by molar-refractivity contribution is 5.88. The molecule has 0 fully saturated rings. The summed E-state index contributed by atoms with van der Waals surface area (Å²) in [6.45, 7) is 3.54. The molecule has 0 atom stereocenters. The molecular weight excluding hydrogens is 378 g/mol. The molecule has 29 heavy (non-hydrogen) atoms. The predicted octanol–water partition coefficient (Wildman–Crippen LogP) is 2.04. The quantitative estimate of drug-likeness (QED) is 0.334. The van der Waals surface area contributed by atoms with Crippen LogP contribution in [0.3, 0.4) is 0 Å². The molecule has 5 aromatic heterocycles. The molecule has 5 aromatic rings. The van der Waals surface area contributed by atoms with E-state index < -0.39 is 4.92 Å². The van der Waals surface area contributed by atoms with Gasteiger partial charge in [0, 0.05) is 7.05 Å². The molecule has 0 amide bonds. The summed E-state index contributed by atoms with van der Waals surface area (Å²) in [4.78, 5) is 19.6. The van der Waals surface area contributed by atoms with E-state index in [4.69, 9.17) is 4.42 Å². The molecule has 0 unspecified atom stereocenters. The fourth-order valence-corrected chi connectivity index (χ4v) is 3.38. The summed E-state index contributed by atoms with van der Waals surface area (Å²) in [5, 5.41) is 24.8. The van der Waals surface area contributed by atoms with E-state index in [0.717, 1.165) is 5.39 Å². The standard InChI is InChI=1S/C17H15N9O3/c1-9-14(26(27)28)10(2)24(21-9)7-11-4-5-13(29-11)15-20-17-12-6-19-23(3)16(12)18-8-25(17)22-15/h4-6,8H,7H2,1-3H3. The van der Waals surface area contributed by atoms with Gasteiger partial charge in [0.1, 0.15) is 23.5 Å². The van der Waals surface area contributed by atoms with Crippen LogP contribution in [0.5, 0.6) is 0 Å². The Morgan fingerprint density at radius 3 is 2.79 bits per heavy atom. The van der Waals surface area contributed by atoms with Gasteiger partial charge in [-0.05, 0) is 26.0 Å². The molecule has 12 heteroatoms. The van der Waals surface area contributed by atoms with Crippen molar-refractivity contribution in [3.05, 3.63) is 51.9 Å². The molecule has 5 heterocycles. The molecule has 0 N–H and O–H groups in total. The van der Waals surface area contributed by atoms with Gasteiger partial charge < -0.3 is 4.42 Å². The SMILES string of the molecule is Cc1nn(Cc2ccc(-c3nc4c5cnn(C)c5ncn4n3)o2)c(C)c1[N+](=O)[O-]. The van der Waals surface area contributed by atoms with E-state index in [1.54, 1.807) is 52.4 Å². The van der Waals surface area contributed by atoms with Crippen molar-refractivity contribution < 1.29 is 9.34 Å². The van der Waals surface area contributed by atoms with Crippen molar-refractivity contribution in [2.75, 3.05) is 0 Å². The topological polar surface area (TPSA) is 135 Å². The van der Waals surface area contributed by atoms with Gasteiger partial charge in [-0.15, -0.1) is 5.10 Å². The molecule has 0 radical (unpaired) electrons. The second-order valence-corrected chi connectivity index (χ2v) is 6.65. The molecule has 12 nitrogen and oxygen atoms in total. The Kier molecular flexibility index (Phi) is 3.50. The van der Waals surface area contributed by atoms with E-state index >= 15 is 0 Å². The van der Waals surface area contributed by atoms with Crippen LogP contribution in [-0.2, 0) is 13.6 Å². The van der Waals surface area contributed by atoms with E-state index in [9.17, 15) is 10.1 Å². The van der Waals surface area contributed by atoms with Crippen LogP contribution in [0.1, 0.15) is 17.1 Å². The molecule has 5 rings (SSSR count). The monoisotopic (exact) mass is 393 g/mol. The molecule has 146 valence electrons. The Morgan fingerprint density at radius 1 is 1.21 bits per heavy atom. The number of rotatable bonds is 4. The van der Waals surface area contributed by atoms with Gasteiger partial charge >= 0.3 is 5.69 Å². The summed E-state index contributed by atoms with van der Waals surface area (Å²) in [7, 11) is 1.81. The molecular formula is C17H15N9O3. The fraction of sp³-hybridized carbons (Fsp3) is 0.235.